The van der Waals surface area contributed by atoms with E-state index in [-0.39, 0.29) is 23.5 Å². The first kappa shape index (κ1) is 23.6. The molecule has 1 atom stereocenters. The third kappa shape index (κ3) is 4.94. The lowest BCUT2D eigenvalue weighted by molar-refractivity contribution is 0.0954. The maximum absolute atomic E-state index is 12.8. The van der Waals surface area contributed by atoms with Gasteiger partial charge >= 0.3 is 5.69 Å². The van der Waals surface area contributed by atoms with Crippen LogP contribution in [0.1, 0.15) is 47.5 Å². The fraction of sp³-hybridized carbons (Fsp3) is 0.400. The molecule has 11 nitrogen and oxygen atoms in total. The summed E-state index contributed by atoms with van der Waals surface area (Å²) in [5.41, 5.74) is 1.64. The molecule has 1 aliphatic heterocycles. The number of imidazole rings is 1. The molecule has 1 unspecified atom stereocenters. The van der Waals surface area contributed by atoms with Crippen LogP contribution < -0.4 is 21.7 Å². The molecule has 0 radical (unpaired) electrons. The highest BCUT2D eigenvalue weighted by atomic mass is 32.1. The van der Waals surface area contributed by atoms with Crippen LogP contribution in [-0.2, 0) is 0 Å². The van der Waals surface area contributed by atoms with Gasteiger partial charge in [0.2, 0.25) is 5.88 Å². The van der Waals surface area contributed by atoms with Gasteiger partial charge in [-0.05, 0) is 63.9 Å². The number of nitrogens with one attached hydrogen (secondary N) is 3. The van der Waals surface area contributed by atoms with E-state index in [4.69, 9.17) is 9.98 Å². The first-order chi connectivity index (χ1) is 17.9. The number of aromatic nitrogens is 5. The Morgan fingerprint density at radius 1 is 1.32 bits per heavy atom. The number of hydrogen-bond donors (Lipinski definition) is 4. The number of H-pyrrole nitrogens is 2. The predicted molar refractivity (Wildman–Crippen MR) is 139 cm³/mol. The summed E-state index contributed by atoms with van der Waals surface area (Å²) in [7, 11) is 2.14. The van der Waals surface area contributed by atoms with Gasteiger partial charge in [0.15, 0.2) is 11.1 Å². The van der Waals surface area contributed by atoms with Crippen LogP contribution in [0.2, 0.25) is 0 Å². The Kier molecular flexibility index (Phi) is 6.13. The first-order valence-corrected chi connectivity index (χ1v) is 13.3. The molecule has 4 aromatic rings. The van der Waals surface area contributed by atoms with Crippen molar-refractivity contribution in [2.24, 2.45) is 4.99 Å². The average Bonchev–Trinajstić information content (AvgIpc) is 3.22. The fourth-order valence-corrected chi connectivity index (χ4v) is 5.59. The van der Waals surface area contributed by atoms with Crippen LogP contribution in [0.4, 0.5) is 0 Å². The molecule has 0 bridgehead atoms. The van der Waals surface area contributed by atoms with Crippen LogP contribution in [0.25, 0.3) is 22.3 Å². The molecule has 1 aliphatic carbocycles. The molecule has 37 heavy (non-hydrogen) atoms. The predicted octanol–water partition coefficient (Wildman–Crippen LogP) is 1.00. The van der Waals surface area contributed by atoms with E-state index < -0.39 is 5.69 Å². The smallest absolute Gasteiger partial charge is 0.326 e. The van der Waals surface area contributed by atoms with E-state index in [2.05, 4.69) is 32.3 Å². The number of amides is 1. The second-order valence-electron chi connectivity index (χ2n) is 9.67. The number of fused-ring (bicyclic) bond motifs is 1. The summed E-state index contributed by atoms with van der Waals surface area (Å²) in [6.07, 6.45) is 8.67. The molecule has 4 aromatic heterocycles. The quantitative estimate of drug-likeness (QED) is 0.286. The summed E-state index contributed by atoms with van der Waals surface area (Å²) in [5, 5.41) is 18.1. The Morgan fingerprint density at radius 3 is 2.92 bits per heavy atom. The number of aromatic hydroxyl groups is 1. The Labute approximate surface area is 215 Å². The zero-order chi connectivity index (χ0) is 25.5. The van der Waals surface area contributed by atoms with Crippen LogP contribution in [0.3, 0.4) is 0 Å². The number of hydrogen-bond acceptors (Lipinski definition) is 8. The Morgan fingerprint density at radius 2 is 2.19 bits per heavy atom. The summed E-state index contributed by atoms with van der Waals surface area (Å²) in [4.78, 5) is 42.7. The zero-order valence-electron chi connectivity index (χ0n) is 20.4. The molecule has 2 fully saturated rings. The van der Waals surface area contributed by atoms with Gasteiger partial charge in [-0.2, -0.15) is 9.61 Å². The largest absolute Gasteiger partial charge is 0.493 e. The van der Waals surface area contributed by atoms with Crippen molar-refractivity contribution < 1.29 is 9.90 Å². The minimum Gasteiger partial charge on any atom is -0.493 e. The van der Waals surface area contributed by atoms with E-state index in [0.29, 0.717) is 39.5 Å². The molecule has 12 heteroatoms. The highest BCUT2D eigenvalue weighted by Crippen LogP contribution is 2.27. The molecule has 192 valence electrons. The zero-order valence-corrected chi connectivity index (χ0v) is 21.2. The number of thiophene rings is 1. The molecule has 0 aromatic carbocycles. The Bertz CT molecular complexity index is 1640. The van der Waals surface area contributed by atoms with Gasteiger partial charge in [0.05, 0.1) is 27.7 Å². The van der Waals surface area contributed by atoms with E-state index in [1.807, 2.05) is 18.2 Å². The third-order valence-electron chi connectivity index (χ3n) is 6.89. The lowest BCUT2D eigenvalue weighted by Crippen LogP contribution is -2.31. The van der Waals surface area contributed by atoms with E-state index in [9.17, 15) is 14.7 Å². The highest BCUT2D eigenvalue weighted by Gasteiger charge is 2.22. The van der Waals surface area contributed by atoms with Crippen LogP contribution in [0.15, 0.2) is 34.2 Å². The monoisotopic (exact) mass is 520 g/mol. The van der Waals surface area contributed by atoms with Gasteiger partial charge in [-0.3, -0.25) is 14.8 Å². The molecular weight excluding hydrogens is 492 g/mol. The Balaban J connectivity index is 1.31. The van der Waals surface area contributed by atoms with Gasteiger partial charge in [0, 0.05) is 23.9 Å². The highest BCUT2D eigenvalue weighted by molar-refractivity contribution is 7.17. The summed E-state index contributed by atoms with van der Waals surface area (Å²) < 4.78 is 1.66. The van der Waals surface area contributed by atoms with E-state index in [1.165, 1.54) is 24.2 Å². The van der Waals surface area contributed by atoms with Crippen LogP contribution in [0, 0.1) is 0 Å². The van der Waals surface area contributed by atoms with Gasteiger partial charge < -0.3 is 20.3 Å². The number of carbonyl (C=O) groups is 1. The number of likely N-dealkylation sites (tertiary alicyclic amines) is 1. The lowest BCUT2D eigenvalue weighted by Gasteiger charge is -2.19. The normalized spacial score (nSPS) is 19.3. The van der Waals surface area contributed by atoms with Crippen LogP contribution >= 0.6 is 11.3 Å². The summed E-state index contributed by atoms with van der Waals surface area (Å²) in [5.74, 6) is -0.331. The van der Waals surface area contributed by atoms with Crippen molar-refractivity contribution in [1.29, 1.82) is 0 Å². The maximum atomic E-state index is 12.8. The number of carbonyl (C=O) groups excluding carboxylic acids is 1. The number of aromatic amines is 2. The summed E-state index contributed by atoms with van der Waals surface area (Å²) >= 11 is 1.39. The second kappa shape index (κ2) is 9.60. The van der Waals surface area contributed by atoms with Crippen molar-refractivity contribution in [1.82, 2.24) is 34.8 Å². The maximum Gasteiger partial charge on any atom is 0.326 e. The first-order valence-electron chi connectivity index (χ1n) is 12.5. The molecule has 0 spiro atoms. The van der Waals surface area contributed by atoms with Crippen molar-refractivity contribution in [3.63, 3.8) is 0 Å². The molecule has 1 saturated carbocycles. The van der Waals surface area contributed by atoms with Gasteiger partial charge in [-0.15, -0.1) is 11.3 Å². The Hall–Kier alpha value is -3.77. The topological polar surface area (TPSA) is 144 Å². The SMILES string of the molecule is CN1CCCC1CCNC(=O)c1ccc(-c2cc(=NC3CC3)n3nc/c(=C\c4[nH]c(=O)[nH]c4O)c3n2)s1. The van der Waals surface area contributed by atoms with Gasteiger partial charge in [-0.25, -0.2) is 9.78 Å². The molecule has 5 heterocycles. The minimum atomic E-state index is -0.502. The third-order valence-corrected chi connectivity index (χ3v) is 8.00. The van der Waals surface area contributed by atoms with Gasteiger partial charge in [0.1, 0.15) is 5.69 Å². The van der Waals surface area contributed by atoms with Gasteiger partial charge in [-0.1, -0.05) is 0 Å². The second-order valence-corrected chi connectivity index (χ2v) is 10.7. The fourth-order valence-electron chi connectivity index (χ4n) is 4.70. The molecule has 4 N–H and O–H groups in total. The summed E-state index contributed by atoms with van der Waals surface area (Å²) in [6.45, 7) is 1.78. The number of nitrogens with zero attached hydrogens (tertiary/aromatic N) is 5. The average molecular weight is 521 g/mol. The van der Waals surface area contributed by atoms with Crippen molar-refractivity contribution >= 4 is 29.0 Å². The van der Waals surface area contributed by atoms with Crippen molar-refractivity contribution in [2.45, 2.75) is 44.2 Å². The molecule has 1 amide bonds. The van der Waals surface area contributed by atoms with Crippen LogP contribution in [0.5, 0.6) is 5.88 Å². The van der Waals surface area contributed by atoms with Gasteiger partial charge in [0.25, 0.3) is 5.91 Å². The van der Waals surface area contributed by atoms with E-state index in [1.54, 1.807) is 16.8 Å². The molecular formula is C25H28N8O3S. The summed E-state index contributed by atoms with van der Waals surface area (Å²) in [6, 6.07) is 6.42. The van der Waals surface area contributed by atoms with E-state index >= 15 is 0 Å². The number of rotatable bonds is 7. The molecule has 2 aliphatic rings. The van der Waals surface area contributed by atoms with Crippen LogP contribution in [-0.4, -0.2) is 72.7 Å². The van der Waals surface area contributed by atoms with Crippen molar-refractivity contribution in [3.05, 3.63) is 56.2 Å². The molecule has 1 saturated heterocycles. The van der Waals surface area contributed by atoms with Crippen molar-refractivity contribution in [3.8, 4) is 16.5 Å². The lowest BCUT2D eigenvalue weighted by atomic mass is 10.1. The van der Waals surface area contributed by atoms with E-state index in [0.717, 1.165) is 30.7 Å². The minimum absolute atomic E-state index is 0.0777. The molecule has 6 rings (SSSR count). The van der Waals surface area contributed by atoms with Crippen molar-refractivity contribution in [2.75, 3.05) is 20.1 Å². The standard InChI is InChI=1S/C25H28N8O3S/c1-32-10-2-3-16(32)8-9-26-24(35)20-7-6-19(37-20)17-12-21(28-15-4-5-15)33-22(29-17)14(13-27-33)11-18-23(34)31-25(36)30-18/h6-7,11-13,15-16,34H,2-5,8-10H2,1H3,(H,26,35)(H2,30,31,36)/b14-11+,28-21?.